The highest BCUT2D eigenvalue weighted by Gasteiger charge is 2.22. The number of aliphatic imine (C=N–C) groups is 1. The number of nitrogens with zero attached hydrogens (tertiary/aromatic N) is 3. The van der Waals surface area contributed by atoms with Gasteiger partial charge in [0.2, 0.25) is 5.88 Å². The average molecular weight is 267 g/mol. The molecule has 1 aliphatic rings. The first-order valence-corrected chi connectivity index (χ1v) is 7.01. The van der Waals surface area contributed by atoms with Gasteiger partial charge in [-0.2, -0.15) is 0 Å². The second-order valence-electron chi connectivity index (χ2n) is 4.05. The molecule has 0 aromatic carbocycles. The first kappa shape index (κ1) is 13.2. The van der Waals surface area contributed by atoms with Crippen molar-refractivity contribution in [3.63, 3.8) is 0 Å². The molecule has 1 aromatic heterocycles. The van der Waals surface area contributed by atoms with Crippen molar-refractivity contribution in [3.05, 3.63) is 18.3 Å². The number of β-amino-alcohol motifs (C(OH)–C–C–N with tert-alkyl or cyclic N) is 1. The molecule has 1 aliphatic heterocycles. The summed E-state index contributed by atoms with van der Waals surface area (Å²) < 4.78 is 5.01. The number of hydrogen-bond donors (Lipinski definition) is 1. The van der Waals surface area contributed by atoms with Gasteiger partial charge in [-0.3, -0.25) is 0 Å². The SMILES string of the molecule is COc1ccc(/N=C(/SC)N2CC[C@H](O)C2)cn1. The van der Waals surface area contributed by atoms with E-state index in [2.05, 4.69) is 14.9 Å². The zero-order chi connectivity index (χ0) is 13.0. The molecule has 2 rings (SSSR count). The molecule has 0 bridgehead atoms. The monoisotopic (exact) mass is 267 g/mol. The van der Waals surface area contributed by atoms with Gasteiger partial charge in [-0.15, -0.1) is 0 Å². The third kappa shape index (κ3) is 3.14. The smallest absolute Gasteiger partial charge is 0.213 e. The lowest BCUT2D eigenvalue weighted by molar-refractivity contribution is 0.188. The van der Waals surface area contributed by atoms with Gasteiger partial charge in [0.25, 0.3) is 0 Å². The van der Waals surface area contributed by atoms with Gasteiger partial charge < -0.3 is 14.7 Å². The first-order chi connectivity index (χ1) is 8.72. The Kier molecular flexibility index (Phi) is 4.43. The number of likely N-dealkylation sites (tertiary alicyclic amines) is 1. The number of amidine groups is 1. The normalized spacial score (nSPS) is 20.3. The number of aliphatic hydroxyl groups is 1. The van der Waals surface area contributed by atoms with Crippen molar-refractivity contribution in [2.24, 2.45) is 4.99 Å². The second-order valence-corrected chi connectivity index (χ2v) is 4.82. The predicted molar refractivity (Wildman–Crippen MR) is 73.6 cm³/mol. The summed E-state index contributed by atoms with van der Waals surface area (Å²) in [4.78, 5) is 10.8. The zero-order valence-corrected chi connectivity index (χ0v) is 11.4. The number of rotatable bonds is 2. The maximum absolute atomic E-state index is 9.54. The summed E-state index contributed by atoms with van der Waals surface area (Å²) in [6.07, 6.45) is 4.24. The maximum Gasteiger partial charge on any atom is 0.213 e. The van der Waals surface area contributed by atoms with E-state index in [0.717, 1.165) is 23.8 Å². The van der Waals surface area contributed by atoms with Crippen LogP contribution in [0.1, 0.15) is 6.42 Å². The minimum absolute atomic E-state index is 0.239. The summed E-state index contributed by atoms with van der Waals surface area (Å²) >= 11 is 1.58. The minimum atomic E-state index is -0.239. The number of aromatic nitrogens is 1. The molecule has 1 atom stereocenters. The third-order valence-electron chi connectivity index (χ3n) is 2.77. The molecule has 1 fully saturated rings. The highest BCUT2D eigenvalue weighted by Crippen LogP contribution is 2.20. The molecular formula is C12H17N3O2S. The van der Waals surface area contributed by atoms with E-state index in [1.165, 1.54) is 0 Å². The summed E-state index contributed by atoms with van der Waals surface area (Å²) in [6.45, 7) is 1.51. The van der Waals surface area contributed by atoms with Crippen LogP contribution >= 0.6 is 11.8 Å². The fraction of sp³-hybridized carbons (Fsp3) is 0.500. The highest BCUT2D eigenvalue weighted by molar-refractivity contribution is 8.13. The number of aliphatic hydroxyl groups excluding tert-OH is 1. The average Bonchev–Trinajstić information content (AvgIpc) is 2.83. The largest absolute Gasteiger partial charge is 0.481 e. The molecule has 0 saturated carbocycles. The van der Waals surface area contributed by atoms with E-state index < -0.39 is 0 Å². The van der Waals surface area contributed by atoms with E-state index in [1.54, 1.807) is 31.1 Å². The van der Waals surface area contributed by atoms with Crippen LogP contribution in [0.5, 0.6) is 5.88 Å². The molecule has 1 N–H and O–H groups in total. The molecule has 6 heteroatoms. The van der Waals surface area contributed by atoms with E-state index in [-0.39, 0.29) is 6.10 Å². The summed E-state index contributed by atoms with van der Waals surface area (Å²) in [5, 5.41) is 10.5. The molecule has 0 unspecified atom stereocenters. The Hall–Kier alpha value is -1.27. The van der Waals surface area contributed by atoms with E-state index in [0.29, 0.717) is 12.4 Å². The molecular weight excluding hydrogens is 250 g/mol. The Morgan fingerprint density at radius 1 is 1.61 bits per heavy atom. The fourth-order valence-electron chi connectivity index (χ4n) is 1.83. The van der Waals surface area contributed by atoms with Crippen LogP contribution in [0.4, 0.5) is 5.69 Å². The Balaban J connectivity index is 2.12. The number of methoxy groups -OCH3 is 1. The molecule has 0 spiro atoms. The lowest BCUT2D eigenvalue weighted by Gasteiger charge is -2.18. The topological polar surface area (TPSA) is 58.0 Å². The Bertz CT molecular complexity index is 422. The molecule has 5 nitrogen and oxygen atoms in total. The van der Waals surface area contributed by atoms with E-state index in [1.807, 2.05) is 12.3 Å². The molecule has 2 heterocycles. The van der Waals surface area contributed by atoms with Gasteiger partial charge in [-0.05, 0) is 18.7 Å². The van der Waals surface area contributed by atoms with E-state index in [9.17, 15) is 5.11 Å². The van der Waals surface area contributed by atoms with Crippen LogP contribution < -0.4 is 4.74 Å². The van der Waals surface area contributed by atoms with Gasteiger partial charge >= 0.3 is 0 Å². The van der Waals surface area contributed by atoms with Crippen molar-refractivity contribution >= 4 is 22.6 Å². The van der Waals surface area contributed by atoms with Crippen molar-refractivity contribution in [1.82, 2.24) is 9.88 Å². The van der Waals surface area contributed by atoms with Gasteiger partial charge in [0.1, 0.15) is 0 Å². The van der Waals surface area contributed by atoms with Crippen LogP contribution in [-0.4, -0.2) is 52.7 Å². The number of thioether (sulfide) groups is 1. The Morgan fingerprint density at radius 2 is 2.44 bits per heavy atom. The third-order valence-corrected chi connectivity index (χ3v) is 3.49. The summed E-state index contributed by atoms with van der Waals surface area (Å²) in [5.41, 5.74) is 0.793. The maximum atomic E-state index is 9.54. The molecule has 0 amide bonds. The van der Waals surface area contributed by atoms with Crippen molar-refractivity contribution in [1.29, 1.82) is 0 Å². The van der Waals surface area contributed by atoms with Crippen LogP contribution in [0.2, 0.25) is 0 Å². The highest BCUT2D eigenvalue weighted by atomic mass is 32.2. The zero-order valence-electron chi connectivity index (χ0n) is 10.5. The number of pyridine rings is 1. The molecule has 1 saturated heterocycles. The summed E-state index contributed by atoms with van der Waals surface area (Å²) in [7, 11) is 1.59. The lowest BCUT2D eigenvalue weighted by atomic mass is 10.3. The standard InChI is InChI=1S/C12H17N3O2S/c1-17-11-4-3-9(7-13-11)14-12(18-2)15-6-5-10(16)8-15/h3-4,7,10,16H,5-6,8H2,1-2H3/b14-12+/t10-/m0/s1. The molecule has 1 aromatic rings. The van der Waals surface area contributed by atoms with Gasteiger partial charge in [-0.25, -0.2) is 9.98 Å². The van der Waals surface area contributed by atoms with Crippen LogP contribution in [0.3, 0.4) is 0 Å². The van der Waals surface area contributed by atoms with Crippen molar-refractivity contribution < 1.29 is 9.84 Å². The van der Waals surface area contributed by atoms with Crippen molar-refractivity contribution in [3.8, 4) is 5.88 Å². The Labute approximate surface area is 111 Å². The molecule has 0 radical (unpaired) electrons. The summed E-state index contributed by atoms with van der Waals surface area (Å²) in [6, 6.07) is 3.66. The predicted octanol–water partition coefficient (Wildman–Crippen LogP) is 1.51. The van der Waals surface area contributed by atoms with E-state index in [4.69, 9.17) is 4.74 Å². The second kappa shape index (κ2) is 6.06. The summed E-state index contributed by atoms with van der Waals surface area (Å²) in [5.74, 6) is 0.580. The van der Waals surface area contributed by atoms with Gasteiger partial charge in [0, 0.05) is 19.2 Å². The number of hydrogen-bond acceptors (Lipinski definition) is 5. The first-order valence-electron chi connectivity index (χ1n) is 5.78. The number of ether oxygens (including phenoxy) is 1. The van der Waals surface area contributed by atoms with E-state index >= 15 is 0 Å². The molecule has 98 valence electrons. The van der Waals surface area contributed by atoms with Crippen LogP contribution in [-0.2, 0) is 0 Å². The molecule has 18 heavy (non-hydrogen) atoms. The van der Waals surface area contributed by atoms with Crippen LogP contribution in [0, 0.1) is 0 Å². The van der Waals surface area contributed by atoms with Crippen LogP contribution in [0.15, 0.2) is 23.3 Å². The molecule has 0 aliphatic carbocycles. The Morgan fingerprint density at radius 3 is 2.94 bits per heavy atom. The van der Waals surface area contributed by atoms with Crippen molar-refractivity contribution in [2.45, 2.75) is 12.5 Å². The minimum Gasteiger partial charge on any atom is -0.481 e. The van der Waals surface area contributed by atoms with Crippen molar-refractivity contribution in [2.75, 3.05) is 26.5 Å². The quantitative estimate of drug-likeness (QED) is 0.650. The van der Waals surface area contributed by atoms with Crippen LogP contribution in [0.25, 0.3) is 0 Å². The lowest BCUT2D eigenvalue weighted by Crippen LogP contribution is -2.26. The van der Waals surface area contributed by atoms with Gasteiger partial charge in [0.05, 0.1) is 25.1 Å². The fourth-order valence-corrected chi connectivity index (χ4v) is 2.45. The van der Waals surface area contributed by atoms with Gasteiger partial charge in [0.15, 0.2) is 5.17 Å². The van der Waals surface area contributed by atoms with Gasteiger partial charge in [-0.1, -0.05) is 11.8 Å².